The van der Waals surface area contributed by atoms with Crippen LogP contribution < -0.4 is 10.1 Å². The van der Waals surface area contributed by atoms with Crippen LogP contribution in [-0.4, -0.2) is 103 Å². The molecule has 0 unspecified atom stereocenters. The number of fused-ring (bicyclic) bond motifs is 1. The molecule has 1 saturated heterocycles. The summed E-state index contributed by atoms with van der Waals surface area (Å²) < 4.78 is 12.1. The van der Waals surface area contributed by atoms with E-state index in [9.17, 15) is 14.7 Å². The van der Waals surface area contributed by atoms with E-state index in [1.54, 1.807) is 4.90 Å². The number of amides is 2. The minimum Gasteiger partial charge on any atom is -0.488 e. The van der Waals surface area contributed by atoms with Gasteiger partial charge in [0.05, 0.1) is 32.3 Å². The van der Waals surface area contributed by atoms with Crippen LogP contribution in [0.15, 0.2) is 72.8 Å². The molecule has 2 N–H and O–H groups in total. The van der Waals surface area contributed by atoms with E-state index >= 15 is 0 Å². The standard InChI is InChI=1S/C37H48N4O5/c1-27-23-41(28(2)26-42)37(44)22-32-21-33(38-36(43)15-16-40-17-19-45-20-18-40)13-14-34(32)46-35(27)25-39(3)24-29-9-11-31(12-10-29)30-7-5-4-6-8-30/h4-14,21,27-28,35,42H,15-20,22-26H2,1-3H3,(H,38,43)/t27-,28-,35-/m1/s1. The fourth-order valence-corrected chi connectivity index (χ4v) is 6.15. The lowest BCUT2D eigenvalue weighted by Gasteiger charge is -2.34. The molecular formula is C37H48N4O5. The molecule has 0 radical (unpaired) electrons. The third-order valence-electron chi connectivity index (χ3n) is 8.96. The van der Waals surface area contributed by atoms with Crippen LogP contribution in [0.4, 0.5) is 5.69 Å². The molecule has 0 aliphatic carbocycles. The monoisotopic (exact) mass is 628 g/mol. The lowest BCUT2D eigenvalue weighted by Crippen LogP contribution is -2.47. The van der Waals surface area contributed by atoms with Gasteiger partial charge in [-0.3, -0.25) is 19.4 Å². The molecule has 2 heterocycles. The third kappa shape index (κ3) is 9.16. The van der Waals surface area contributed by atoms with Gasteiger partial charge in [-0.1, -0.05) is 61.5 Å². The molecule has 9 heteroatoms. The zero-order valence-corrected chi connectivity index (χ0v) is 27.4. The molecule has 0 spiro atoms. The average molecular weight is 629 g/mol. The van der Waals surface area contributed by atoms with Gasteiger partial charge in [-0.2, -0.15) is 0 Å². The van der Waals surface area contributed by atoms with Crippen molar-refractivity contribution in [2.75, 3.05) is 64.9 Å². The Morgan fingerprint density at radius 3 is 2.48 bits per heavy atom. The van der Waals surface area contributed by atoms with Crippen LogP contribution in [-0.2, 0) is 27.3 Å². The second-order valence-electron chi connectivity index (χ2n) is 12.7. The van der Waals surface area contributed by atoms with E-state index in [-0.39, 0.29) is 42.9 Å². The van der Waals surface area contributed by atoms with Crippen molar-refractivity contribution in [1.29, 1.82) is 0 Å². The quantitative estimate of drug-likeness (QED) is 0.327. The van der Waals surface area contributed by atoms with Crippen molar-refractivity contribution in [3.8, 4) is 16.9 Å². The molecule has 5 rings (SSSR count). The van der Waals surface area contributed by atoms with E-state index in [1.807, 2.05) is 43.3 Å². The van der Waals surface area contributed by atoms with Gasteiger partial charge in [-0.05, 0) is 48.9 Å². The van der Waals surface area contributed by atoms with Crippen LogP contribution >= 0.6 is 0 Å². The van der Waals surface area contributed by atoms with Gasteiger partial charge in [-0.25, -0.2) is 0 Å². The van der Waals surface area contributed by atoms with Crippen LogP contribution in [0.25, 0.3) is 11.1 Å². The highest BCUT2D eigenvalue weighted by Crippen LogP contribution is 2.29. The number of anilines is 1. The van der Waals surface area contributed by atoms with Crippen LogP contribution in [0, 0.1) is 5.92 Å². The smallest absolute Gasteiger partial charge is 0.227 e. The fourth-order valence-electron chi connectivity index (χ4n) is 6.15. The van der Waals surface area contributed by atoms with E-state index in [4.69, 9.17) is 9.47 Å². The summed E-state index contributed by atoms with van der Waals surface area (Å²) in [6.07, 6.45) is 0.302. The van der Waals surface area contributed by atoms with Crippen molar-refractivity contribution in [2.45, 2.75) is 45.4 Å². The number of nitrogens with zero attached hydrogens (tertiary/aromatic N) is 3. The number of ether oxygens (including phenoxy) is 2. The summed E-state index contributed by atoms with van der Waals surface area (Å²) in [7, 11) is 2.09. The summed E-state index contributed by atoms with van der Waals surface area (Å²) in [6, 6.07) is 24.3. The van der Waals surface area contributed by atoms with Crippen molar-refractivity contribution in [2.24, 2.45) is 5.92 Å². The Labute approximate surface area is 273 Å². The molecule has 0 aromatic heterocycles. The molecule has 46 heavy (non-hydrogen) atoms. The molecule has 2 aliphatic heterocycles. The highest BCUT2D eigenvalue weighted by molar-refractivity contribution is 5.91. The van der Waals surface area contributed by atoms with Gasteiger partial charge in [0.2, 0.25) is 11.8 Å². The van der Waals surface area contributed by atoms with E-state index < -0.39 is 0 Å². The predicted octanol–water partition coefficient (Wildman–Crippen LogP) is 4.30. The Balaban J connectivity index is 1.29. The van der Waals surface area contributed by atoms with E-state index in [0.29, 0.717) is 50.7 Å². The molecule has 3 atom stereocenters. The Kier molecular flexibility index (Phi) is 11.8. The number of carbonyl (C=O) groups is 2. The summed E-state index contributed by atoms with van der Waals surface area (Å²) in [5.74, 6) is 0.519. The van der Waals surface area contributed by atoms with Crippen LogP contribution in [0.1, 0.15) is 31.4 Å². The summed E-state index contributed by atoms with van der Waals surface area (Å²) >= 11 is 0. The first-order chi connectivity index (χ1) is 22.3. The number of aliphatic hydroxyl groups is 1. The average Bonchev–Trinajstić information content (AvgIpc) is 3.11. The van der Waals surface area contributed by atoms with Crippen molar-refractivity contribution in [3.63, 3.8) is 0 Å². The zero-order chi connectivity index (χ0) is 32.5. The van der Waals surface area contributed by atoms with E-state index in [1.165, 1.54) is 16.7 Å². The maximum atomic E-state index is 13.6. The number of benzene rings is 3. The Bertz CT molecular complexity index is 1430. The minimum absolute atomic E-state index is 0.00590. The third-order valence-corrected chi connectivity index (χ3v) is 8.96. The van der Waals surface area contributed by atoms with Crippen molar-refractivity contribution >= 4 is 17.5 Å². The number of likely N-dealkylation sites (N-methyl/N-ethyl adjacent to an activating group) is 1. The summed E-state index contributed by atoms with van der Waals surface area (Å²) in [6.45, 7) is 9.48. The van der Waals surface area contributed by atoms with Gasteiger partial charge < -0.3 is 24.8 Å². The maximum absolute atomic E-state index is 13.6. The first-order valence-corrected chi connectivity index (χ1v) is 16.4. The Morgan fingerprint density at radius 2 is 1.76 bits per heavy atom. The molecule has 1 fully saturated rings. The lowest BCUT2D eigenvalue weighted by atomic mass is 10.0. The second-order valence-corrected chi connectivity index (χ2v) is 12.7. The maximum Gasteiger partial charge on any atom is 0.227 e. The first-order valence-electron chi connectivity index (χ1n) is 16.4. The molecule has 2 aliphatic rings. The summed E-state index contributed by atoms with van der Waals surface area (Å²) in [4.78, 5) is 32.6. The van der Waals surface area contributed by atoms with Gasteiger partial charge in [-0.15, -0.1) is 0 Å². The molecule has 246 valence electrons. The highest BCUT2D eigenvalue weighted by atomic mass is 16.5. The molecule has 3 aromatic rings. The van der Waals surface area contributed by atoms with E-state index in [0.717, 1.165) is 25.2 Å². The number of hydrogen-bond acceptors (Lipinski definition) is 7. The number of rotatable bonds is 11. The van der Waals surface area contributed by atoms with Gasteiger partial charge in [0.1, 0.15) is 11.9 Å². The van der Waals surface area contributed by atoms with Crippen LogP contribution in [0.5, 0.6) is 5.75 Å². The topological polar surface area (TPSA) is 94.6 Å². The van der Waals surface area contributed by atoms with E-state index in [2.05, 4.69) is 65.5 Å². The second kappa shape index (κ2) is 16.2. The number of aliphatic hydroxyl groups excluding tert-OH is 1. The van der Waals surface area contributed by atoms with Crippen molar-refractivity contribution < 1.29 is 24.2 Å². The largest absolute Gasteiger partial charge is 0.488 e. The SMILES string of the molecule is C[C@@H]1CN([C@H](C)CO)C(=O)Cc2cc(NC(=O)CCN3CCOCC3)ccc2O[C@@H]1CN(C)Cc1ccc(-c2ccccc2)cc1. The Morgan fingerprint density at radius 1 is 1.04 bits per heavy atom. The molecule has 2 amide bonds. The number of nitrogens with one attached hydrogen (secondary N) is 1. The normalized spacial score (nSPS) is 19.8. The number of morpholine rings is 1. The summed E-state index contributed by atoms with van der Waals surface area (Å²) in [5, 5.41) is 13.0. The predicted molar refractivity (Wildman–Crippen MR) is 181 cm³/mol. The molecule has 0 saturated carbocycles. The van der Waals surface area contributed by atoms with Gasteiger partial charge in [0, 0.05) is 62.9 Å². The molecule has 0 bridgehead atoms. The van der Waals surface area contributed by atoms with Gasteiger partial charge in [0.15, 0.2) is 0 Å². The minimum atomic E-state index is -0.318. The van der Waals surface area contributed by atoms with Crippen molar-refractivity contribution in [3.05, 3.63) is 83.9 Å². The molecule has 3 aromatic carbocycles. The first kappa shape index (κ1) is 33.6. The van der Waals surface area contributed by atoms with Crippen molar-refractivity contribution in [1.82, 2.24) is 14.7 Å². The fraction of sp³-hybridized carbons (Fsp3) is 0.459. The van der Waals surface area contributed by atoms with Gasteiger partial charge >= 0.3 is 0 Å². The molecular weight excluding hydrogens is 580 g/mol. The van der Waals surface area contributed by atoms with Crippen LogP contribution in [0.3, 0.4) is 0 Å². The van der Waals surface area contributed by atoms with Crippen LogP contribution in [0.2, 0.25) is 0 Å². The number of carbonyl (C=O) groups excluding carboxylic acids is 2. The molecule has 9 nitrogen and oxygen atoms in total. The summed E-state index contributed by atoms with van der Waals surface area (Å²) in [5.41, 5.74) is 4.96. The zero-order valence-electron chi connectivity index (χ0n) is 27.4. The lowest BCUT2D eigenvalue weighted by molar-refractivity contribution is -0.134. The highest BCUT2D eigenvalue weighted by Gasteiger charge is 2.31. The van der Waals surface area contributed by atoms with Gasteiger partial charge in [0.25, 0.3) is 0 Å². The Hall–Kier alpha value is -3.76. The number of hydrogen-bond donors (Lipinski definition) is 2.